The molecular weight excluding hydrogens is 294 g/mol. The Morgan fingerprint density at radius 2 is 2.00 bits per heavy atom. The average molecular weight is 311 g/mol. The van der Waals surface area contributed by atoms with Gasteiger partial charge in [0.05, 0.1) is 12.7 Å². The average Bonchev–Trinajstić information content (AvgIpc) is 3.06. The monoisotopic (exact) mass is 311 g/mol. The lowest BCUT2D eigenvalue weighted by Gasteiger charge is -2.09. The van der Waals surface area contributed by atoms with Crippen molar-refractivity contribution in [1.82, 2.24) is 14.9 Å². The van der Waals surface area contributed by atoms with Crippen LogP contribution in [0.15, 0.2) is 47.5 Å². The van der Waals surface area contributed by atoms with E-state index in [1.807, 2.05) is 24.3 Å². The van der Waals surface area contributed by atoms with Crippen molar-refractivity contribution in [2.45, 2.75) is 6.54 Å². The third-order valence-electron chi connectivity index (χ3n) is 3.75. The molecule has 0 saturated carbocycles. The predicted molar refractivity (Wildman–Crippen MR) is 87.7 cm³/mol. The summed E-state index contributed by atoms with van der Waals surface area (Å²) in [4.78, 5) is 27.3. The molecule has 3 aromatic rings. The highest BCUT2D eigenvalue weighted by atomic mass is 16.5. The molecule has 0 fully saturated rings. The molecule has 118 valence electrons. The summed E-state index contributed by atoms with van der Waals surface area (Å²) in [5.41, 5.74) is 1.72. The van der Waals surface area contributed by atoms with Crippen LogP contribution in [0.5, 0.6) is 5.75 Å². The molecule has 0 saturated heterocycles. The molecule has 0 atom stereocenters. The number of aryl methyl sites for hydroxylation is 1. The van der Waals surface area contributed by atoms with E-state index in [0.717, 1.165) is 11.3 Å². The van der Waals surface area contributed by atoms with Gasteiger partial charge >= 0.3 is 0 Å². The lowest BCUT2D eigenvalue weighted by atomic mass is 10.1. The third kappa shape index (κ3) is 2.83. The van der Waals surface area contributed by atoms with Crippen LogP contribution in [-0.2, 0) is 13.6 Å². The summed E-state index contributed by atoms with van der Waals surface area (Å²) in [5, 5.41) is 3.50. The predicted octanol–water partition coefficient (Wildman–Crippen LogP) is 1.81. The van der Waals surface area contributed by atoms with Crippen LogP contribution < -0.4 is 15.6 Å². The number of nitrogens with zero attached hydrogens (tertiary/aromatic N) is 1. The Balaban J connectivity index is 1.82. The maximum atomic E-state index is 12.5. The first-order chi connectivity index (χ1) is 11.1. The number of amides is 1. The number of aromatic amines is 1. The minimum Gasteiger partial charge on any atom is -0.497 e. The van der Waals surface area contributed by atoms with E-state index in [4.69, 9.17) is 4.74 Å². The van der Waals surface area contributed by atoms with Gasteiger partial charge in [0.25, 0.3) is 11.5 Å². The molecule has 2 aromatic heterocycles. The molecule has 0 aliphatic carbocycles. The summed E-state index contributed by atoms with van der Waals surface area (Å²) < 4.78 is 6.51. The number of fused-ring (bicyclic) bond motifs is 1. The first-order valence-corrected chi connectivity index (χ1v) is 7.18. The number of hydrogen-bond acceptors (Lipinski definition) is 3. The van der Waals surface area contributed by atoms with Crippen molar-refractivity contribution < 1.29 is 9.53 Å². The Morgan fingerprint density at radius 1 is 1.26 bits per heavy atom. The van der Waals surface area contributed by atoms with Crippen LogP contribution in [-0.4, -0.2) is 22.6 Å². The maximum Gasteiger partial charge on any atom is 0.274 e. The zero-order valence-corrected chi connectivity index (χ0v) is 12.9. The molecule has 1 aromatic carbocycles. The van der Waals surface area contributed by atoms with Crippen molar-refractivity contribution in [3.63, 3.8) is 0 Å². The molecule has 0 spiro atoms. The fourth-order valence-corrected chi connectivity index (χ4v) is 2.47. The number of H-pyrrole nitrogens is 1. The van der Waals surface area contributed by atoms with Crippen LogP contribution in [0.25, 0.3) is 10.9 Å². The molecule has 2 heterocycles. The molecule has 2 N–H and O–H groups in total. The molecule has 0 aliphatic heterocycles. The molecule has 6 heteroatoms. The Morgan fingerprint density at radius 3 is 2.70 bits per heavy atom. The van der Waals surface area contributed by atoms with Crippen LogP contribution in [0.1, 0.15) is 15.9 Å². The van der Waals surface area contributed by atoms with Gasteiger partial charge in [-0.05, 0) is 23.8 Å². The van der Waals surface area contributed by atoms with Gasteiger partial charge in [0.15, 0.2) is 0 Å². The second-order valence-corrected chi connectivity index (χ2v) is 5.26. The van der Waals surface area contributed by atoms with Crippen molar-refractivity contribution in [3.8, 4) is 5.75 Å². The van der Waals surface area contributed by atoms with Crippen LogP contribution in [0.4, 0.5) is 0 Å². The van der Waals surface area contributed by atoms with Gasteiger partial charge in [-0.1, -0.05) is 12.1 Å². The summed E-state index contributed by atoms with van der Waals surface area (Å²) in [6, 6.07) is 9.21. The van der Waals surface area contributed by atoms with Gasteiger partial charge in [-0.25, -0.2) is 0 Å². The smallest absolute Gasteiger partial charge is 0.274 e. The lowest BCUT2D eigenvalue weighted by Crippen LogP contribution is -2.26. The molecular formula is C17H17N3O3. The van der Waals surface area contributed by atoms with Gasteiger partial charge in [-0.2, -0.15) is 0 Å². The standard InChI is InChI=1S/C17H17N3O3/c1-20-10-14(13-7-8-18-15(13)17(20)22)16(21)19-9-11-3-5-12(23-2)6-4-11/h3-8,10,18H,9H2,1-2H3,(H,19,21). The number of carbonyl (C=O) groups excluding carboxylic acids is 1. The van der Waals surface area contributed by atoms with E-state index < -0.39 is 0 Å². The molecule has 0 unspecified atom stereocenters. The van der Waals surface area contributed by atoms with Crippen molar-refractivity contribution in [2.24, 2.45) is 7.05 Å². The van der Waals surface area contributed by atoms with E-state index in [-0.39, 0.29) is 11.5 Å². The van der Waals surface area contributed by atoms with E-state index in [1.165, 1.54) is 4.57 Å². The van der Waals surface area contributed by atoms with Gasteiger partial charge in [-0.15, -0.1) is 0 Å². The summed E-state index contributed by atoms with van der Waals surface area (Å²) in [6.07, 6.45) is 3.22. The van der Waals surface area contributed by atoms with E-state index in [1.54, 1.807) is 32.6 Å². The Labute approximate surface area is 132 Å². The molecule has 0 radical (unpaired) electrons. The number of rotatable bonds is 4. The number of methoxy groups -OCH3 is 1. The summed E-state index contributed by atoms with van der Waals surface area (Å²) in [6.45, 7) is 0.400. The highest BCUT2D eigenvalue weighted by molar-refractivity contribution is 6.05. The van der Waals surface area contributed by atoms with Crippen LogP contribution >= 0.6 is 0 Å². The van der Waals surface area contributed by atoms with E-state index in [2.05, 4.69) is 10.3 Å². The first kappa shape index (κ1) is 14.9. The van der Waals surface area contributed by atoms with Crippen LogP contribution in [0.3, 0.4) is 0 Å². The van der Waals surface area contributed by atoms with Gasteiger partial charge < -0.3 is 19.6 Å². The largest absolute Gasteiger partial charge is 0.497 e. The maximum absolute atomic E-state index is 12.5. The highest BCUT2D eigenvalue weighted by Crippen LogP contribution is 2.15. The van der Waals surface area contributed by atoms with E-state index in [9.17, 15) is 9.59 Å². The Kier molecular flexibility index (Phi) is 3.89. The summed E-state index contributed by atoms with van der Waals surface area (Å²) in [5.74, 6) is 0.549. The molecule has 6 nitrogen and oxygen atoms in total. The molecule has 0 aliphatic rings. The summed E-state index contributed by atoms with van der Waals surface area (Å²) >= 11 is 0. The van der Waals surface area contributed by atoms with Gasteiger partial charge in [0, 0.05) is 31.4 Å². The molecule has 23 heavy (non-hydrogen) atoms. The number of aromatic nitrogens is 2. The quantitative estimate of drug-likeness (QED) is 0.771. The van der Waals surface area contributed by atoms with Crippen molar-refractivity contribution in [3.05, 3.63) is 64.2 Å². The number of pyridine rings is 1. The normalized spacial score (nSPS) is 10.7. The van der Waals surface area contributed by atoms with Crippen LogP contribution in [0, 0.1) is 0 Å². The zero-order chi connectivity index (χ0) is 16.4. The zero-order valence-electron chi connectivity index (χ0n) is 12.9. The van der Waals surface area contributed by atoms with Crippen LogP contribution in [0.2, 0.25) is 0 Å². The van der Waals surface area contributed by atoms with Crippen molar-refractivity contribution >= 4 is 16.8 Å². The first-order valence-electron chi connectivity index (χ1n) is 7.18. The fourth-order valence-electron chi connectivity index (χ4n) is 2.47. The minimum absolute atomic E-state index is 0.156. The Bertz CT molecular complexity index is 907. The topological polar surface area (TPSA) is 76.1 Å². The van der Waals surface area contributed by atoms with Gasteiger partial charge in [-0.3, -0.25) is 9.59 Å². The van der Waals surface area contributed by atoms with E-state index in [0.29, 0.717) is 23.0 Å². The molecule has 3 rings (SSSR count). The van der Waals surface area contributed by atoms with Gasteiger partial charge in [0.1, 0.15) is 11.3 Å². The second kappa shape index (κ2) is 6.00. The van der Waals surface area contributed by atoms with Crippen molar-refractivity contribution in [2.75, 3.05) is 7.11 Å². The highest BCUT2D eigenvalue weighted by Gasteiger charge is 2.14. The summed E-state index contributed by atoms with van der Waals surface area (Å²) in [7, 11) is 3.24. The second-order valence-electron chi connectivity index (χ2n) is 5.26. The number of hydrogen-bond donors (Lipinski definition) is 2. The third-order valence-corrected chi connectivity index (χ3v) is 3.75. The number of benzene rings is 1. The van der Waals surface area contributed by atoms with Crippen molar-refractivity contribution in [1.29, 1.82) is 0 Å². The minimum atomic E-state index is -0.221. The number of nitrogens with one attached hydrogen (secondary N) is 2. The number of carbonyl (C=O) groups is 1. The van der Waals surface area contributed by atoms with E-state index >= 15 is 0 Å². The van der Waals surface area contributed by atoms with Gasteiger partial charge in [0.2, 0.25) is 0 Å². The SMILES string of the molecule is COc1ccc(CNC(=O)c2cn(C)c(=O)c3[nH]ccc23)cc1. The number of ether oxygens (including phenoxy) is 1. The molecule has 1 amide bonds. The Hall–Kier alpha value is -3.02. The molecule has 0 bridgehead atoms. The lowest BCUT2D eigenvalue weighted by molar-refractivity contribution is 0.0952. The fraction of sp³-hybridized carbons (Fsp3) is 0.176.